The van der Waals surface area contributed by atoms with E-state index in [4.69, 9.17) is 16.6 Å². The van der Waals surface area contributed by atoms with Crippen molar-refractivity contribution in [3.05, 3.63) is 11.8 Å². The molecule has 12 heavy (non-hydrogen) atoms. The molecular weight excluding hydrogens is 156 g/mol. The molecule has 0 aromatic carbocycles. The van der Waals surface area contributed by atoms with Gasteiger partial charge in [0.25, 0.3) is 0 Å². The van der Waals surface area contributed by atoms with E-state index in [1.807, 2.05) is 0 Å². The van der Waals surface area contributed by atoms with Crippen molar-refractivity contribution in [1.29, 1.82) is 0 Å². The zero-order chi connectivity index (χ0) is 8.97. The maximum absolute atomic E-state index is 8.39. The highest BCUT2D eigenvalue weighted by Gasteiger charge is 1.94. The van der Waals surface area contributed by atoms with Crippen molar-refractivity contribution in [2.24, 2.45) is 0 Å². The number of aliphatic hydroxyl groups is 1. The number of hydrogen-bond donors (Lipinski definition) is 3. The third-order valence-corrected chi connectivity index (χ3v) is 1.06. The molecule has 0 aliphatic carbocycles. The van der Waals surface area contributed by atoms with Crippen molar-refractivity contribution in [1.82, 2.24) is 9.97 Å². The normalized spacial score (nSPS) is 8.75. The van der Waals surface area contributed by atoms with E-state index >= 15 is 0 Å². The molecule has 0 saturated carbocycles. The summed E-state index contributed by atoms with van der Waals surface area (Å²) in [5.41, 5.74) is 11.1. The van der Waals surface area contributed by atoms with Crippen LogP contribution in [0.15, 0.2) is 6.07 Å². The smallest absolute Gasteiger partial charge is 0.223 e. The third kappa shape index (κ3) is 2.11. The average Bonchev–Trinajstić information content (AvgIpc) is 1.99. The van der Waals surface area contributed by atoms with Crippen LogP contribution in [0.1, 0.15) is 5.69 Å². The Bertz CT molecular complexity index is 319. The second-order valence-electron chi connectivity index (χ2n) is 2.00. The van der Waals surface area contributed by atoms with Gasteiger partial charge < -0.3 is 16.6 Å². The molecule has 5 N–H and O–H groups in total. The van der Waals surface area contributed by atoms with Gasteiger partial charge in [-0.25, -0.2) is 4.98 Å². The SMILES string of the molecule is Nc1cc(C#CCO)nc(N)n1. The summed E-state index contributed by atoms with van der Waals surface area (Å²) in [4.78, 5) is 7.43. The largest absolute Gasteiger partial charge is 0.384 e. The fourth-order valence-corrected chi connectivity index (χ4v) is 0.679. The zero-order valence-electron chi connectivity index (χ0n) is 6.28. The molecule has 0 radical (unpaired) electrons. The zero-order valence-corrected chi connectivity index (χ0v) is 6.28. The molecule has 0 aliphatic heterocycles. The molecule has 0 saturated heterocycles. The van der Waals surface area contributed by atoms with Crippen molar-refractivity contribution < 1.29 is 5.11 Å². The van der Waals surface area contributed by atoms with Crippen molar-refractivity contribution >= 4 is 11.8 Å². The van der Waals surface area contributed by atoms with Crippen molar-refractivity contribution in [2.45, 2.75) is 0 Å². The van der Waals surface area contributed by atoms with Crippen LogP contribution in [0.2, 0.25) is 0 Å². The summed E-state index contributed by atoms with van der Waals surface area (Å²) in [5, 5.41) is 8.39. The van der Waals surface area contributed by atoms with Crippen molar-refractivity contribution in [2.75, 3.05) is 18.1 Å². The van der Waals surface area contributed by atoms with Gasteiger partial charge in [-0.3, -0.25) is 0 Å². The number of nitrogen functional groups attached to an aromatic ring is 2. The number of nitrogens with two attached hydrogens (primary N) is 2. The molecule has 0 fully saturated rings. The van der Waals surface area contributed by atoms with Gasteiger partial charge in [-0.2, -0.15) is 4.98 Å². The number of rotatable bonds is 0. The van der Waals surface area contributed by atoms with Crippen molar-refractivity contribution in [3.63, 3.8) is 0 Å². The Labute approximate surface area is 69.4 Å². The maximum atomic E-state index is 8.39. The molecule has 62 valence electrons. The highest BCUT2D eigenvalue weighted by Crippen LogP contribution is 2.01. The standard InChI is InChI=1S/C7H8N4O/c8-6-4-5(2-1-3-12)10-7(9)11-6/h4,12H,3H2,(H4,8,9,10,11). The van der Waals surface area contributed by atoms with Gasteiger partial charge in [0.15, 0.2) is 0 Å². The third-order valence-electron chi connectivity index (χ3n) is 1.06. The molecule has 1 aromatic heterocycles. The maximum Gasteiger partial charge on any atom is 0.223 e. The van der Waals surface area contributed by atoms with E-state index < -0.39 is 0 Å². The molecule has 0 unspecified atom stereocenters. The monoisotopic (exact) mass is 164 g/mol. The predicted octanol–water partition coefficient (Wildman–Crippen LogP) is -1.02. The van der Waals surface area contributed by atoms with E-state index in [0.717, 1.165) is 0 Å². The number of nitrogens with zero attached hydrogens (tertiary/aromatic N) is 2. The molecule has 5 heteroatoms. The van der Waals surface area contributed by atoms with Gasteiger partial charge in [0.05, 0.1) is 0 Å². The summed E-state index contributed by atoms with van der Waals surface area (Å²) in [6.45, 7) is -0.218. The molecule has 0 spiro atoms. The van der Waals surface area contributed by atoms with Crippen molar-refractivity contribution in [3.8, 4) is 11.8 Å². The molecule has 5 nitrogen and oxygen atoms in total. The Morgan fingerprint density at radius 2 is 2.17 bits per heavy atom. The predicted molar refractivity (Wildman–Crippen MR) is 44.8 cm³/mol. The molecule has 0 bridgehead atoms. The van der Waals surface area contributed by atoms with Crippen LogP contribution in [0.5, 0.6) is 0 Å². The highest BCUT2D eigenvalue weighted by atomic mass is 16.2. The van der Waals surface area contributed by atoms with Crippen LogP contribution in [0, 0.1) is 11.8 Å². The minimum Gasteiger partial charge on any atom is -0.384 e. The summed E-state index contributed by atoms with van der Waals surface area (Å²) in [7, 11) is 0. The summed E-state index contributed by atoms with van der Waals surface area (Å²) in [5.74, 6) is 5.34. The first-order valence-electron chi connectivity index (χ1n) is 3.22. The molecular formula is C7H8N4O. The van der Waals surface area contributed by atoms with Gasteiger partial charge >= 0.3 is 0 Å². The minimum atomic E-state index is -0.218. The quantitative estimate of drug-likeness (QED) is 0.426. The van der Waals surface area contributed by atoms with Crippen LogP contribution < -0.4 is 11.5 Å². The Kier molecular flexibility index (Phi) is 2.46. The van der Waals surface area contributed by atoms with Crippen LogP contribution in [-0.4, -0.2) is 21.7 Å². The molecule has 0 atom stereocenters. The van der Waals surface area contributed by atoms with Crippen LogP contribution >= 0.6 is 0 Å². The minimum absolute atomic E-state index is 0.0808. The molecule has 0 amide bonds. The Hall–Kier alpha value is -1.80. The number of anilines is 2. The van der Waals surface area contributed by atoms with Crippen LogP contribution in [0.4, 0.5) is 11.8 Å². The van der Waals surface area contributed by atoms with Gasteiger partial charge in [-0.1, -0.05) is 5.92 Å². The topological polar surface area (TPSA) is 98.0 Å². The summed E-state index contributed by atoms with van der Waals surface area (Å²) >= 11 is 0. The van der Waals surface area contributed by atoms with Gasteiger partial charge in [-0.05, 0) is 5.92 Å². The highest BCUT2D eigenvalue weighted by molar-refractivity contribution is 5.42. The lowest BCUT2D eigenvalue weighted by atomic mass is 10.4. The Morgan fingerprint density at radius 3 is 2.75 bits per heavy atom. The summed E-state index contributed by atoms with van der Waals surface area (Å²) < 4.78 is 0. The molecule has 1 heterocycles. The fourth-order valence-electron chi connectivity index (χ4n) is 0.679. The molecule has 0 aliphatic rings. The molecule has 1 aromatic rings. The first-order valence-corrected chi connectivity index (χ1v) is 3.22. The second-order valence-corrected chi connectivity index (χ2v) is 2.00. The first-order chi connectivity index (χ1) is 5.72. The van der Waals surface area contributed by atoms with Gasteiger partial charge in [0.1, 0.15) is 18.1 Å². The lowest BCUT2D eigenvalue weighted by Gasteiger charge is -1.94. The fraction of sp³-hybridized carbons (Fsp3) is 0.143. The van der Waals surface area contributed by atoms with Crippen LogP contribution in [0.3, 0.4) is 0 Å². The van der Waals surface area contributed by atoms with Gasteiger partial charge in [0.2, 0.25) is 5.95 Å². The van der Waals surface area contributed by atoms with E-state index in [1.54, 1.807) is 0 Å². The number of aliphatic hydroxyl groups excluding tert-OH is 1. The second kappa shape index (κ2) is 3.55. The summed E-state index contributed by atoms with van der Waals surface area (Å²) in [6.07, 6.45) is 0. The lowest BCUT2D eigenvalue weighted by Crippen LogP contribution is -2.00. The van der Waals surface area contributed by atoms with E-state index in [-0.39, 0.29) is 18.4 Å². The van der Waals surface area contributed by atoms with E-state index in [1.165, 1.54) is 6.07 Å². The summed E-state index contributed by atoms with van der Waals surface area (Å²) in [6, 6.07) is 1.49. The van der Waals surface area contributed by atoms with E-state index in [0.29, 0.717) is 5.69 Å². The van der Waals surface area contributed by atoms with Crippen LogP contribution in [-0.2, 0) is 0 Å². The number of aromatic nitrogens is 2. The van der Waals surface area contributed by atoms with Crippen LogP contribution in [0.25, 0.3) is 0 Å². The Balaban J connectivity index is 3.01. The van der Waals surface area contributed by atoms with E-state index in [9.17, 15) is 0 Å². The average molecular weight is 164 g/mol. The Morgan fingerprint density at radius 1 is 1.42 bits per heavy atom. The number of hydrogen-bond acceptors (Lipinski definition) is 5. The first kappa shape index (κ1) is 8.30. The molecule has 1 rings (SSSR count). The van der Waals surface area contributed by atoms with E-state index in [2.05, 4.69) is 21.8 Å². The van der Waals surface area contributed by atoms with Gasteiger partial charge in [-0.15, -0.1) is 0 Å². The van der Waals surface area contributed by atoms with Gasteiger partial charge in [0, 0.05) is 6.07 Å². The lowest BCUT2D eigenvalue weighted by molar-refractivity contribution is 0.350.